The third-order valence-electron chi connectivity index (χ3n) is 2.74. The van der Waals surface area contributed by atoms with Gasteiger partial charge in [-0.3, -0.25) is 4.79 Å². The molecular weight excluding hydrogens is 304 g/mol. The quantitative estimate of drug-likeness (QED) is 0.703. The van der Waals surface area contributed by atoms with Gasteiger partial charge in [0.2, 0.25) is 0 Å². The van der Waals surface area contributed by atoms with E-state index in [1.54, 1.807) is 7.11 Å². The van der Waals surface area contributed by atoms with E-state index < -0.39 is 6.10 Å². The third-order valence-corrected chi connectivity index (χ3v) is 3.80. The number of allylic oxidation sites excluding steroid dienone is 1. The third kappa shape index (κ3) is 6.41. The van der Waals surface area contributed by atoms with E-state index in [-0.39, 0.29) is 18.3 Å². The number of hydrogen-bond acceptors (Lipinski definition) is 6. The van der Waals surface area contributed by atoms with E-state index in [2.05, 4.69) is 4.74 Å². The Labute approximate surface area is 135 Å². The standard InChI is InChI=1S/C16H22O5S/c1-4-5-12-6-7-14(15(8-12)19-2)21-9-13(17)10-22-11-16(18)20-3/h4-8,13,17H,9-11H2,1-3H3/b5-4+. The molecule has 0 aliphatic rings. The van der Waals surface area contributed by atoms with Crippen LogP contribution in [0.25, 0.3) is 6.08 Å². The highest BCUT2D eigenvalue weighted by Gasteiger charge is 2.10. The summed E-state index contributed by atoms with van der Waals surface area (Å²) in [5.41, 5.74) is 1.01. The van der Waals surface area contributed by atoms with Gasteiger partial charge in [-0.25, -0.2) is 0 Å². The number of carbonyl (C=O) groups excluding carboxylic acids is 1. The molecule has 122 valence electrons. The van der Waals surface area contributed by atoms with E-state index in [1.165, 1.54) is 18.9 Å². The van der Waals surface area contributed by atoms with Crippen molar-refractivity contribution in [1.29, 1.82) is 0 Å². The molecule has 0 aromatic heterocycles. The molecule has 1 N–H and O–H groups in total. The first kappa shape index (κ1) is 18.4. The number of aliphatic hydroxyl groups excluding tert-OH is 1. The largest absolute Gasteiger partial charge is 0.493 e. The van der Waals surface area contributed by atoms with Crippen molar-refractivity contribution in [2.75, 3.05) is 32.3 Å². The average Bonchev–Trinajstić information content (AvgIpc) is 2.53. The van der Waals surface area contributed by atoms with E-state index >= 15 is 0 Å². The fourth-order valence-electron chi connectivity index (χ4n) is 1.67. The van der Waals surface area contributed by atoms with Gasteiger partial charge < -0.3 is 19.3 Å². The number of methoxy groups -OCH3 is 2. The molecule has 22 heavy (non-hydrogen) atoms. The van der Waals surface area contributed by atoms with Gasteiger partial charge in [-0.1, -0.05) is 18.2 Å². The molecule has 1 aromatic rings. The second-order valence-electron chi connectivity index (χ2n) is 4.47. The number of carbonyl (C=O) groups is 1. The van der Waals surface area contributed by atoms with Crippen LogP contribution in [0.2, 0.25) is 0 Å². The first-order valence-corrected chi connectivity index (χ1v) is 8.02. The van der Waals surface area contributed by atoms with Crippen LogP contribution >= 0.6 is 11.8 Å². The van der Waals surface area contributed by atoms with Gasteiger partial charge in [-0.2, -0.15) is 0 Å². The Morgan fingerprint density at radius 2 is 2.14 bits per heavy atom. The summed E-state index contributed by atoms with van der Waals surface area (Å²) in [6.07, 6.45) is 3.23. The molecule has 0 aliphatic heterocycles. The zero-order valence-corrected chi connectivity index (χ0v) is 13.9. The van der Waals surface area contributed by atoms with Crippen LogP contribution in [0, 0.1) is 0 Å². The van der Waals surface area contributed by atoms with Gasteiger partial charge >= 0.3 is 5.97 Å². The van der Waals surface area contributed by atoms with Crippen LogP contribution in [0.4, 0.5) is 0 Å². The Morgan fingerprint density at radius 3 is 2.77 bits per heavy atom. The second-order valence-corrected chi connectivity index (χ2v) is 5.50. The molecule has 1 atom stereocenters. The summed E-state index contributed by atoms with van der Waals surface area (Å²) in [6.45, 7) is 2.08. The summed E-state index contributed by atoms with van der Waals surface area (Å²) in [7, 11) is 2.91. The van der Waals surface area contributed by atoms with E-state index in [4.69, 9.17) is 9.47 Å². The molecule has 0 amide bonds. The molecule has 6 heteroatoms. The molecule has 0 aliphatic carbocycles. The van der Waals surface area contributed by atoms with E-state index in [9.17, 15) is 9.90 Å². The first-order valence-electron chi connectivity index (χ1n) is 6.86. The van der Waals surface area contributed by atoms with E-state index in [0.717, 1.165) is 5.56 Å². The molecule has 0 saturated heterocycles. The fraction of sp³-hybridized carbons (Fsp3) is 0.438. The van der Waals surface area contributed by atoms with Crippen molar-refractivity contribution in [3.8, 4) is 11.5 Å². The normalized spacial score (nSPS) is 12.2. The summed E-state index contributed by atoms with van der Waals surface area (Å²) in [5, 5.41) is 9.85. The fourth-order valence-corrected chi connectivity index (χ4v) is 2.44. The zero-order valence-electron chi connectivity index (χ0n) is 13.1. The lowest BCUT2D eigenvalue weighted by Crippen LogP contribution is -2.21. The van der Waals surface area contributed by atoms with Crippen LogP contribution in [-0.4, -0.2) is 49.5 Å². The van der Waals surface area contributed by atoms with Gasteiger partial charge in [0, 0.05) is 5.75 Å². The molecule has 0 bridgehead atoms. The smallest absolute Gasteiger partial charge is 0.315 e. The van der Waals surface area contributed by atoms with Gasteiger partial charge in [0.15, 0.2) is 11.5 Å². The number of thioether (sulfide) groups is 1. The van der Waals surface area contributed by atoms with Crippen molar-refractivity contribution in [3.05, 3.63) is 29.8 Å². The molecular formula is C16H22O5S. The molecule has 0 spiro atoms. The Kier molecular flexibility index (Phi) is 8.47. The van der Waals surface area contributed by atoms with Crippen LogP contribution in [0.15, 0.2) is 24.3 Å². The average molecular weight is 326 g/mol. The minimum absolute atomic E-state index is 0.132. The molecule has 0 heterocycles. The summed E-state index contributed by atoms with van der Waals surface area (Å²) in [5.74, 6) is 1.50. The first-order chi connectivity index (χ1) is 10.6. The van der Waals surface area contributed by atoms with Crippen LogP contribution in [-0.2, 0) is 9.53 Å². The molecule has 0 radical (unpaired) electrons. The van der Waals surface area contributed by atoms with Crippen LogP contribution < -0.4 is 9.47 Å². The second kappa shape index (κ2) is 10.1. The van der Waals surface area contributed by atoms with Crippen molar-refractivity contribution in [2.24, 2.45) is 0 Å². The lowest BCUT2D eigenvalue weighted by atomic mass is 10.2. The number of rotatable bonds is 9. The minimum Gasteiger partial charge on any atom is -0.493 e. The Morgan fingerprint density at radius 1 is 1.36 bits per heavy atom. The lowest BCUT2D eigenvalue weighted by molar-refractivity contribution is -0.137. The summed E-state index contributed by atoms with van der Waals surface area (Å²) < 4.78 is 15.4. The van der Waals surface area contributed by atoms with E-state index in [1.807, 2.05) is 37.3 Å². The highest BCUT2D eigenvalue weighted by Crippen LogP contribution is 2.28. The SMILES string of the molecule is C/C=C/c1ccc(OCC(O)CSCC(=O)OC)c(OC)c1. The number of hydrogen-bond donors (Lipinski definition) is 1. The number of aliphatic hydroxyl groups is 1. The van der Waals surface area contributed by atoms with Crippen molar-refractivity contribution in [3.63, 3.8) is 0 Å². The molecule has 1 unspecified atom stereocenters. The maximum Gasteiger partial charge on any atom is 0.315 e. The van der Waals surface area contributed by atoms with Crippen LogP contribution in [0.1, 0.15) is 12.5 Å². The number of ether oxygens (including phenoxy) is 3. The van der Waals surface area contributed by atoms with Gasteiger partial charge in [-0.05, 0) is 24.6 Å². The number of esters is 1. The van der Waals surface area contributed by atoms with Gasteiger partial charge in [-0.15, -0.1) is 11.8 Å². The molecule has 5 nitrogen and oxygen atoms in total. The lowest BCUT2D eigenvalue weighted by Gasteiger charge is -2.14. The van der Waals surface area contributed by atoms with Gasteiger partial charge in [0.25, 0.3) is 0 Å². The molecule has 0 fully saturated rings. The van der Waals surface area contributed by atoms with Crippen molar-refractivity contribution in [1.82, 2.24) is 0 Å². The summed E-state index contributed by atoms with van der Waals surface area (Å²) >= 11 is 1.30. The highest BCUT2D eigenvalue weighted by atomic mass is 32.2. The topological polar surface area (TPSA) is 65.0 Å². The van der Waals surface area contributed by atoms with Gasteiger partial charge in [0.1, 0.15) is 6.61 Å². The van der Waals surface area contributed by atoms with Crippen molar-refractivity contribution < 1.29 is 24.1 Å². The van der Waals surface area contributed by atoms with Gasteiger partial charge in [0.05, 0.1) is 26.1 Å². The Bertz CT molecular complexity index is 501. The van der Waals surface area contributed by atoms with Crippen molar-refractivity contribution >= 4 is 23.8 Å². The maximum atomic E-state index is 11.0. The monoisotopic (exact) mass is 326 g/mol. The summed E-state index contributed by atoms with van der Waals surface area (Å²) in [6, 6.07) is 5.59. The Balaban J connectivity index is 2.48. The zero-order chi connectivity index (χ0) is 16.4. The maximum absolute atomic E-state index is 11.0. The molecule has 1 aromatic carbocycles. The van der Waals surface area contributed by atoms with Crippen molar-refractivity contribution in [2.45, 2.75) is 13.0 Å². The molecule has 0 saturated carbocycles. The predicted octanol–water partition coefficient (Wildman–Crippen LogP) is 2.37. The summed E-state index contributed by atoms with van der Waals surface area (Å²) in [4.78, 5) is 11.0. The van der Waals surface area contributed by atoms with Crippen LogP contribution in [0.3, 0.4) is 0 Å². The number of benzene rings is 1. The van der Waals surface area contributed by atoms with E-state index in [0.29, 0.717) is 17.3 Å². The van der Waals surface area contributed by atoms with Crippen LogP contribution in [0.5, 0.6) is 11.5 Å². The predicted molar refractivity (Wildman–Crippen MR) is 88.5 cm³/mol. The Hall–Kier alpha value is -1.66. The molecule has 1 rings (SSSR count). The minimum atomic E-state index is -0.672. The highest BCUT2D eigenvalue weighted by molar-refractivity contribution is 7.99.